The van der Waals surface area contributed by atoms with Crippen LogP contribution in [0.5, 0.6) is 0 Å². The second-order valence-electron chi connectivity index (χ2n) is 1.92. The first kappa shape index (κ1) is 9.49. The van der Waals surface area contributed by atoms with Crippen molar-refractivity contribution in [2.45, 2.75) is 19.2 Å². The Hall–Kier alpha value is -0.510. The molecule has 0 aliphatic rings. The van der Waals surface area contributed by atoms with E-state index in [1.54, 1.807) is 6.92 Å². The fourth-order valence-electron chi connectivity index (χ4n) is 0.428. The van der Waals surface area contributed by atoms with Gasteiger partial charge >= 0.3 is 0 Å². The second-order valence-corrected chi connectivity index (χ2v) is 2.69. The zero-order valence-electron chi connectivity index (χ0n) is 5.89. The van der Waals surface area contributed by atoms with Crippen molar-refractivity contribution < 1.29 is 9.18 Å². The molecule has 0 bridgehead atoms. The van der Waals surface area contributed by atoms with Crippen LogP contribution in [0, 0.1) is 0 Å². The Bertz CT molecular complexity index is 152. The summed E-state index contributed by atoms with van der Waals surface area (Å²) in [4.78, 5) is 10.6. The molecule has 0 fully saturated rings. The van der Waals surface area contributed by atoms with Crippen LogP contribution >= 0.6 is 12.6 Å². The number of thiol groups is 1. The second kappa shape index (κ2) is 4.33. The standard InChI is InChI=1S/C6H10FNOS/c1-4(7)3-6(9)8-5(2)10/h3,5,10H,1-2H3,(H,8,9)/b4-3+. The smallest absolute Gasteiger partial charge is 0.247 e. The Kier molecular flexibility index (Phi) is 4.11. The van der Waals surface area contributed by atoms with Crippen molar-refractivity contribution in [1.82, 2.24) is 5.32 Å². The van der Waals surface area contributed by atoms with Gasteiger partial charge in [-0.15, -0.1) is 0 Å². The minimum absolute atomic E-state index is 0.247. The summed E-state index contributed by atoms with van der Waals surface area (Å²) in [5.74, 6) is -0.964. The van der Waals surface area contributed by atoms with Gasteiger partial charge in [0.25, 0.3) is 0 Å². The molecule has 0 aliphatic carbocycles. The number of carbonyl (C=O) groups is 1. The third-order valence-corrected chi connectivity index (χ3v) is 0.810. The van der Waals surface area contributed by atoms with Gasteiger partial charge in [-0.2, -0.15) is 12.6 Å². The van der Waals surface area contributed by atoms with Gasteiger partial charge in [-0.25, -0.2) is 4.39 Å². The average Bonchev–Trinajstić information content (AvgIpc) is 1.58. The maximum Gasteiger partial charge on any atom is 0.247 e. The van der Waals surface area contributed by atoms with Crippen molar-refractivity contribution >= 4 is 18.5 Å². The normalized spacial score (nSPS) is 14.6. The number of halogens is 1. The molecule has 1 unspecified atom stereocenters. The lowest BCUT2D eigenvalue weighted by Gasteiger charge is -2.02. The molecule has 1 atom stereocenters. The lowest BCUT2D eigenvalue weighted by atomic mass is 10.4. The highest BCUT2D eigenvalue weighted by Crippen LogP contribution is 1.93. The molecule has 0 aromatic rings. The molecule has 2 nitrogen and oxygen atoms in total. The van der Waals surface area contributed by atoms with Crippen molar-refractivity contribution in [2.24, 2.45) is 0 Å². The predicted molar refractivity (Wildman–Crippen MR) is 41.5 cm³/mol. The van der Waals surface area contributed by atoms with E-state index in [1.165, 1.54) is 6.92 Å². The Morgan fingerprint density at radius 3 is 2.60 bits per heavy atom. The molecule has 10 heavy (non-hydrogen) atoms. The van der Waals surface area contributed by atoms with E-state index in [-0.39, 0.29) is 5.37 Å². The van der Waals surface area contributed by atoms with Gasteiger partial charge in [0.1, 0.15) is 5.83 Å². The molecule has 0 aromatic heterocycles. The summed E-state index contributed by atoms with van der Waals surface area (Å²) in [7, 11) is 0. The first-order valence-electron chi connectivity index (χ1n) is 2.84. The number of carbonyl (C=O) groups excluding carboxylic acids is 1. The molecular formula is C6H10FNOS. The van der Waals surface area contributed by atoms with Crippen LogP contribution in [-0.2, 0) is 4.79 Å². The van der Waals surface area contributed by atoms with Crippen LogP contribution in [0.4, 0.5) is 4.39 Å². The third-order valence-electron chi connectivity index (χ3n) is 0.681. The number of allylic oxidation sites excluding steroid dienone is 1. The number of hydrogen-bond donors (Lipinski definition) is 2. The van der Waals surface area contributed by atoms with E-state index in [9.17, 15) is 9.18 Å². The van der Waals surface area contributed by atoms with Crippen molar-refractivity contribution in [2.75, 3.05) is 0 Å². The molecule has 0 radical (unpaired) electrons. The Labute approximate surface area is 64.9 Å². The maximum atomic E-state index is 12.0. The molecule has 0 heterocycles. The van der Waals surface area contributed by atoms with Crippen molar-refractivity contribution in [3.63, 3.8) is 0 Å². The molecule has 1 N–H and O–H groups in total. The molecule has 0 aromatic carbocycles. The summed E-state index contributed by atoms with van der Waals surface area (Å²) in [5.41, 5.74) is 0. The monoisotopic (exact) mass is 163 g/mol. The highest BCUT2D eigenvalue weighted by molar-refractivity contribution is 7.80. The predicted octanol–water partition coefficient (Wildman–Crippen LogP) is 1.25. The number of nitrogens with one attached hydrogen (secondary N) is 1. The third kappa shape index (κ3) is 5.62. The first-order chi connectivity index (χ1) is 4.52. The van der Waals surface area contributed by atoms with E-state index in [0.717, 1.165) is 6.08 Å². The van der Waals surface area contributed by atoms with E-state index in [4.69, 9.17) is 0 Å². The highest BCUT2D eigenvalue weighted by Gasteiger charge is 1.98. The Morgan fingerprint density at radius 2 is 2.30 bits per heavy atom. The summed E-state index contributed by atoms with van der Waals surface area (Å²) >= 11 is 3.88. The van der Waals surface area contributed by atoms with E-state index in [2.05, 4.69) is 17.9 Å². The first-order valence-corrected chi connectivity index (χ1v) is 3.36. The molecule has 0 aliphatic heterocycles. The molecule has 58 valence electrons. The quantitative estimate of drug-likeness (QED) is 0.358. The summed E-state index contributed by atoms with van der Waals surface area (Å²) in [6, 6.07) is 0. The van der Waals surface area contributed by atoms with E-state index in [0.29, 0.717) is 0 Å². The zero-order chi connectivity index (χ0) is 8.15. The summed E-state index contributed by atoms with van der Waals surface area (Å²) in [6.45, 7) is 2.89. The molecule has 4 heteroatoms. The molecule has 0 saturated heterocycles. The van der Waals surface area contributed by atoms with Crippen LogP contribution in [0.3, 0.4) is 0 Å². The molecule has 1 amide bonds. The zero-order valence-corrected chi connectivity index (χ0v) is 6.78. The van der Waals surface area contributed by atoms with Crippen LogP contribution in [-0.4, -0.2) is 11.3 Å². The van der Waals surface area contributed by atoms with Crippen LogP contribution < -0.4 is 5.32 Å². The lowest BCUT2D eigenvalue weighted by Crippen LogP contribution is -2.26. The van der Waals surface area contributed by atoms with Crippen LogP contribution in [0.1, 0.15) is 13.8 Å². The Balaban J connectivity index is 3.76. The van der Waals surface area contributed by atoms with Crippen LogP contribution in [0.2, 0.25) is 0 Å². The van der Waals surface area contributed by atoms with Crippen molar-refractivity contribution in [3.05, 3.63) is 11.9 Å². The minimum Gasteiger partial charge on any atom is -0.341 e. The van der Waals surface area contributed by atoms with Crippen LogP contribution in [0.25, 0.3) is 0 Å². The van der Waals surface area contributed by atoms with Crippen molar-refractivity contribution in [1.29, 1.82) is 0 Å². The molecule has 0 saturated carbocycles. The van der Waals surface area contributed by atoms with Gasteiger partial charge in [-0.1, -0.05) is 0 Å². The topological polar surface area (TPSA) is 29.1 Å². The van der Waals surface area contributed by atoms with Gasteiger partial charge in [-0.3, -0.25) is 4.79 Å². The maximum absolute atomic E-state index is 12.0. The Morgan fingerprint density at radius 1 is 1.80 bits per heavy atom. The van der Waals surface area contributed by atoms with Gasteiger partial charge in [0, 0.05) is 6.08 Å². The van der Waals surface area contributed by atoms with Gasteiger partial charge in [0.05, 0.1) is 5.37 Å². The van der Waals surface area contributed by atoms with Gasteiger partial charge in [0.15, 0.2) is 0 Å². The number of amides is 1. The molecule has 0 rings (SSSR count). The minimum atomic E-state index is -0.508. The molecule has 0 spiro atoms. The highest BCUT2D eigenvalue weighted by atomic mass is 32.1. The molecular weight excluding hydrogens is 153 g/mol. The number of rotatable bonds is 2. The van der Waals surface area contributed by atoms with Crippen LogP contribution in [0.15, 0.2) is 11.9 Å². The fraction of sp³-hybridized carbons (Fsp3) is 0.500. The van der Waals surface area contributed by atoms with Crippen molar-refractivity contribution in [3.8, 4) is 0 Å². The summed E-state index contributed by atoms with van der Waals surface area (Å²) in [6.07, 6.45) is 0.882. The summed E-state index contributed by atoms with van der Waals surface area (Å²) < 4.78 is 12.0. The lowest BCUT2D eigenvalue weighted by molar-refractivity contribution is -0.116. The summed E-state index contributed by atoms with van der Waals surface area (Å²) in [5, 5.41) is 2.14. The van der Waals surface area contributed by atoms with Gasteiger partial charge < -0.3 is 5.32 Å². The van der Waals surface area contributed by atoms with E-state index < -0.39 is 11.7 Å². The largest absolute Gasteiger partial charge is 0.341 e. The van der Waals surface area contributed by atoms with Gasteiger partial charge in [-0.05, 0) is 13.8 Å². The SMILES string of the molecule is C/C(F)=C\C(=O)NC(C)S. The fourth-order valence-corrected chi connectivity index (χ4v) is 0.555. The average molecular weight is 163 g/mol. The van der Waals surface area contributed by atoms with E-state index >= 15 is 0 Å². The number of hydrogen-bond acceptors (Lipinski definition) is 2. The van der Waals surface area contributed by atoms with Gasteiger partial charge in [0.2, 0.25) is 5.91 Å². The van der Waals surface area contributed by atoms with E-state index in [1.807, 2.05) is 0 Å².